The van der Waals surface area contributed by atoms with Gasteiger partial charge in [0.25, 0.3) is 0 Å². The minimum atomic E-state index is -0.313. The Morgan fingerprint density at radius 1 is 1.09 bits per heavy atom. The SMILES string of the molecule is CCOc1ccc(C2C3=C(CC(C)(C)CC3=O)Nc3nc(-c4ccc(C)cc4)nn32)cc1. The Morgan fingerprint density at radius 2 is 1.81 bits per heavy atom. The van der Waals surface area contributed by atoms with Gasteiger partial charge in [-0.3, -0.25) is 4.79 Å². The predicted octanol–water partition coefficient (Wildman–Crippen LogP) is 5.31. The number of ether oxygens (including phenoxy) is 1. The Labute approximate surface area is 188 Å². The molecule has 1 N–H and O–H groups in total. The van der Waals surface area contributed by atoms with E-state index < -0.39 is 0 Å². The van der Waals surface area contributed by atoms with E-state index in [4.69, 9.17) is 14.8 Å². The van der Waals surface area contributed by atoms with Crippen molar-refractivity contribution in [3.63, 3.8) is 0 Å². The zero-order chi connectivity index (χ0) is 22.5. The lowest BCUT2D eigenvalue weighted by Crippen LogP contribution is -2.36. The molecule has 1 aliphatic carbocycles. The second-order valence-corrected chi connectivity index (χ2v) is 9.43. The molecule has 0 amide bonds. The molecule has 2 aromatic carbocycles. The Hall–Kier alpha value is -3.41. The Morgan fingerprint density at radius 3 is 2.50 bits per heavy atom. The van der Waals surface area contributed by atoms with Crippen molar-refractivity contribution in [3.05, 3.63) is 70.9 Å². The molecule has 5 rings (SSSR count). The van der Waals surface area contributed by atoms with Gasteiger partial charge in [-0.25, -0.2) is 4.68 Å². The fraction of sp³-hybridized carbons (Fsp3) is 0.346. The van der Waals surface area contributed by atoms with Crippen molar-refractivity contribution in [2.24, 2.45) is 5.41 Å². The van der Waals surface area contributed by atoms with Crippen molar-refractivity contribution in [2.45, 2.75) is 46.6 Å². The molecule has 2 heterocycles. The summed E-state index contributed by atoms with van der Waals surface area (Å²) in [5.41, 5.74) is 4.80. The number of carbonyl (C=O) groups excluding carboxylic acids is 1. The standard InChI is InChI=1S/C26H28N4O2/c1-5-32-19-12-10-17(11-13-19)23-22-20(14-26(3,4)15-21(22)31)27-25-28-24(29-30(23)25)18-8-6-16(2)7-9-18/h6-13,23H,5,14-15H2,1-4H3,(H,27,28,29). The molecule has 0 bridgehead atoms. The minimum absolute atomic E-state index is 0.0890. The predicted molar refractivity (Wildman–Crippen MR) is 125 cm³/mol. The summed E-state index contributed by atoms with van der Waals surface area (Å²) in [6.07, 6.45) is 1.32. The van der Waals surface area contributed by atoms with Crippen molar-refractivity contribution < 1.29 is 9.53 Å². The number of hydrogen-bond donors (Lipinski definition) is 1. The topological polar surface area (TPSA) is 69.0 Å². The van der Waals surface area contributed by atoms with Crippen LogP contribution in [0.5, 0.6) is 5.75 Å². The molecule has 0 saturated carbocycles. The van der Waals surface area contributed by atoms with Crippen LogP contribution in [0.1, 0.15) is 50.8 Å². The number of hydrogen-bond acceptors (Lipinski definition) is 5. The fourth-order valence-electron chi connectivity index (χ4n) is 4.66. The lowest BCUT2D eigenvalue weighted by molar-refractivity contribution is -0.118. The highest BCUT2D eigenvalue weighted by molar-refractivity contribution is 6.00. The van der Waals surface area contributed by atoms with Gasteiger partial charge in [-0.2, -0.15) is 4.98 Å². The Balaban J connectivity index is 1.63. The molecule has 3 aromatic rings. The molecule has 0 saturated heterocycles. The highest BCUT2D eigenvalue weighted by Gasteiger charge is 2.41. The van der Waals surface area contributed by atoms with Gasteiger partial charge in [0, 0.05) is 23.3 Å². The van der Waals surface area contributed by atoms with Crippen molar-refractivity contribution in [1.29, 1.82) is 0 Å². The van der Waals surface area contributed by atoms with E-state index in [0.29, 0.717) is 24.8 Å². The second-order valence-electron chi connectivity index (χ2n) is 9.43. The molecule has 2 aliphatic rings. The summed E-state index contributed by atoms with van der Waals surface area (Å²) >= 11 is 0. The average Bonchev–Trinajstić information content (AvgIpc) is 3.16. The summed E-state index contributed by atoms with van der Waals surface area (Å²) < 4.78 is 7.48. The number of nitrogens with zero attached hydrogens (tertiary/aromatic N) is 3. The number of allylic oxidation sites excluding steroid dienone is 2. The lowest BCUT2D eigenvalue weighted by atomic mass is 9.73. The van der Waals surface area contributed by atoms with E-state index in [1.165, 1.54) is 5.56 Å². The molecular formula is C26H28N4O2. The van der Waals surface area contributed by atoms with E-state index in [1.54, 1.807) is 0 Å². The zero-order valence-corrected chi connectivity index (χ0v) is 19.0. The van der Waals surface area contributed by atoms with Crippen molar-refractivity contribution >= 4 is 11.7 Å². The zero-order valence-electron chi connectivity index (χ0n) is 19.0. The maximum Gasteiger partial charge on any atom is 0.226 e. The molecule has 0 fully saturated rings. The van der Waals surface area contributed by atoms with Crippen LogP contribution in [0.4, 0.5) is 5.95 Å². The van der Waals surface area contributed by atoms with E-state index in [-0.39, 0.29) is 17.2 Å². The molecule has 1 unspecified atom stereocenters. The molecule has 0 radical (unpaired) electrons. The van der Waals surface area contributed by atoms with Crippen LogP contribution in [0.3, 0.4) is 0 Å². The van der Waals surface area contributed by atoms with Gasteiger partial charge in [0.05, 0.1) is 6.61 Å². The molecular weight excluding hydrogens is 400 g/mol. The first-order valence-electron chi connectivity index (χ1n) is 11.1. The fourth-order valence-corrected chi connectivity index (χ4v) is 4.66. The van der Waals surface area contributed by atoms with Crippen LogP contribution in [0, 0.1) is 12.3 Å². The molecule has 0 spiro atoms. The quantitative estimate of drug-likeness (QED) is 0.610. The molecule has 6 nitrogen and oxygen atoms in total. The highest BCUT2D eigenvalue weighted by atomic mass is 16.5. The van der Waals surface area contributed by atoms with Gasteiger partial charge in [0.15, 0.2) is 11.6 Å². The number of fused-ring (bicyclic) bond motifs is 1. The van der Waals surface area contributed by atoms with Gasteiger partial charge in [0.2, 0.25) is 5.95 Å². The third-order valence-corrected chi connectivity index (χ3v) is 6.15. The van der Waals surface area contributed by atoms with Crippen LogP contribution in [0.25, 0.3) is 11.4 Å². The summed E-state index contributed by atoms with van der Waals surface area (Å²) in [6, 6.07) is 15.8. The third-order valence-electron chi connectivity index (χ3n) is 6.15. The molecule has 32 heavy (non-hydrogen) atoms. The number of ketones is 1. The smallest absolute Gasteiger partial charge is 0.226 e. The van der Waals surface area contributed by atoms with Gasteiger partial charge in [-0.05, 0) is 43.4 Å². The van der Waals surface area contributed by atoms with Crippen molar-refractivity contribution in [1.82, 2.24) is 14.8 Å². The van der Waals surface area contributed by atoms with E-state index >= 15 is 0 Å². The Bertz CT molecular complexity index is 1200. The number of aryl methyl sites for hydroxylation is 1. The van der Waals surface area contributed by atoms with Crippen LogP contribution < -0.4 is 10.1 Å². The number of benzene rings is 2. The van der Waals surface area contributed by atoms with E-state index in [2.05, 4.69) is 38.2 Å². The van der Waals surface area contributed by atoms with E-state index in [0.717, 1.165) is 34.6 Å². The highest BCUT2D eigenvalue weighted by Crippen LogP contribution is 2.45. The number of anilines is 1. The van der Waals surface area contributed by atoms with Crippen LogP contribution >= 0.6 is 0 Å². The first-order chi connectivity index (χ1) is 15.3. The monoisotopic (exact) mass is 428 g/mol. The Kier molecular flexibility index (Phi) is 4.88. The van der Waals surface area contributed by atoms with Gasteiger partial charge in [0.1, 0.15) is 11.8 Å². The van der Waals surface area contributed by atoms with Crippen molar-refractivity contribution in [2.75, 3.05) is 11.9 Å². The van der Waals surface area contributed by atoms with Crippen LogP contribution in [0.15, 0.2) is 59.8 Å². The molecule has 164 valence electrons. The maximum atomic E-state index is 13.3. The summed E-state index contributed by atoms with van der Waals surface area (Å²) in [5, 5.41) is 8.30. The summed E-state index contributed by atoms with van der Waals surface area (Å²) in [7, 11) is 0. The van der Waals surface area contributed by atoms with Crippen LogP contribution in [-0.4, -0.2) is 27.2 Å². The number of rotatable bonds is 4. The molecule has 1 aliphatic heterocycles. The van der Waals surface area contributed by atoms with Gasteiger partial charge in [-0.15, -0.1) is 5.10 Å². The normalized spacial score (nSPS) is 19.2. The number of nitrogens with one attached hydrogen (secondary N) is 1. The van der Waals surface area contributed by atoms with E-state index in [1.807, 2.05) is 48.0 Å². The second kappa shape index (κ2) is 7.62. The summed E-state index contributed by atoms with van der Waals surface area (Å²) in [6.45, 7) is 8.92. The van der Waals surface area contributed by atoms with Crippen molar-refractivity contribution in [3.8, 4) is 17.1 Å². The molecule has 1 atom stereocenters. The number of carbonyl (C=O) groups is 1. The van der Waals surface area contributed by atoms with Crippen LogP contribution in [-0.2, 0) is 4.79 Å². The number of aromatic nitrogens is 3. The average molecular weight is 429 g/mol. The molecule has 6 heteroatoms. The summed E-state index contributed by atoms with van der Waals surface area (Å²) in [5.74, 6) is 2.30. The van der Waals surface area contributed by atoms with E-state index in [9.17, 15) is 4.79 Å². The lowest BCUT2D eigenvalue weighted by Gasteiger charge is -2.38. The van der Waals surface area contributed by atoms with Gasteiger partial charge >= 0.3 is 0 Å². The molecule has 1 aromatic heterocycles. The van der Waals surface area contributed by atoms with Gasteiger partial charge in [-0.1, -0.05) is 55.8 Å². The van der Waals surface area contributed by atoms with Crippen LogP contribution in [0.2, 0.25) is 0 Å². The first-order valence-corrected chi connectivity index (χ1v) is 11.1. The minimum Gasteiger partial charge on any atom is -0.494 e. The first kappa shape index (κ1) is 20.5. The third kappa shape index (κ3) is 3.60. The summed E-state index contributed by atoms with van der Waals surface area (Å²) in [4.78, 5) is 18.1. The van der Waals surface area contributed by atoms with Gasteiger partial charge < -0.3 is 10.1 Å². The number of Topliss-reactive ketones (excluding diaryl/α,β-unsaturated/α-hetero) is 1. The largest absolute Gasteiger partial charge is 0.494 e. The maximum absolute atomic E-state index is 13.3.